The third kappa shape index (κ3) is 3.97. The lowest BCUT2D eigenvalue weighted by atomic mass is 10.4. The second-order valence-electron chi connectivity index (χ2n) is 2.51. The van der Waals surface area contributed by atoms with Crippen LogP contribution in [-0.2, 0) is 4.74 Å². The Balaban J connectivity index is 1.88. The Morgan fingerprint density at radius 2 is 2.58 bits per heavy atom. The standard InChI is InChI=1S/C8H16N2OS/c1-2-11-6-3-4-9-8-10-5-7-12-8/h2-7H2,1H3,(H,9,10). The molecule has 1 aliphatic rings. The number of hydrogen-bond donors (Lipinski definition) is 1. The van der Waals surface area contributed by atoms with Gasteiger partial charge in [-0.3, -0.25) is 4.99 Å². The molecule has 0 saturated heterocycles. The van der Waals surface area contributed by atoms with Gasteiger partial charge in [0.1, 0.15) is 0 Å². The van der Waals surface area contributed by atoms with Crippen LogP contribution in [0.5, 0.6) is 0 Å². The summed E-state index contributed by atoms with van der Waals surface area (Å²) in [6, 6.07) is 0. The maximum Gasteiger partial charge on any atom is 0.156 e. The van der Waals surface area contributed by atoms with Crippen LogP contribution in [0.15, 0.2) is 4.99 Å². The fourth-order valence-electron chi connectivity index (χ4n) is 0.956. The molecule has 70 valence electrons. The molecule has 4 heteroatoms. The van der Waals surface area contributed by atoms with Crippen LogP contribution < -0.4 is 5.32 Å². The summed E-state index contributed by atoms with van der Waals surface area (Å²) in [5.41, 5.74) is 0. The van der Waals surface area contributed by atoms with Crippen molar-refractivity contribution in [3.8, 4) is 0 Å². The minimum atomic E-state index is 0.815. The number of nitrogens with zero attached hydrogens (tertiary/aromatic N) is 1. The van der Waals surface area contributed by atoms with E-state index in [0.717, 1.165) is 43.6 Å². The maximum atomic E-state index is 5.21. The summed E-state index contributed by atoms with van der Waals surface area (Å²) in [6.07, 6.45) is 1.06. The summed E-state index contributed by atoms with van der Waals surface area (Å²) in [7, 11) is 0. The first-order chi connectivity index (χ1) is 5.93. The molecule has 0 bridgehead atoms. The lowest BCUT2D eigenvalue weighted by Gasteiger charge is -2.04. The van der Waals surface area contributed by atoms with E-state index in [-0.39, 0.29) is 0 Å². The largest absolute Gasteiger partial charge is 0.382 e. The molecule has 0 unspecified atom stereocenters. The monoisotopic (exact) mass is 188 g/mol. The number of amidine groups is 1. The highest BCUT2D eigenvalue weighted by atomic mass is 32.2. The molecule has 0 radical (unpaired) electrons. The second kappa shape index (κ2) is 6.31. The van der Waals surface area contributed by atoms with Crippen LogP contribution in [0, 0.1) is 0 Å². The fraction of sp³-hybridized carbons (Fsp3) is 0.875. The Kier molecular flexibility index (Phi) is 5.19. The Labute approximate surface area is 78.0 Å². The van der Waals surface area contributed by atoms with Crippen molar-refractivity contribution in [2.24, 2.45) is 4.99 Å². The normalized spacial score (nSPS) is 16.2. The lowest BCUT2D eigenvalue weighted by Crippen LogP contribution is -2.21. The number of nitrogens with one attached hydrogen (secondary N) is 1. The Hall–Kier alpha value is -0.220. The van der Waals surface area contributed by atoms with Crippen LogP contribution >= 0.6 is 11.8 Å². The van der Waals surface area contributed by atoms with Crippen molar-refractivity contribution >= 4 is 16.9 Å². The number of rotatable bonds is 5. The summed E-state index contributed by atoms with van der Waals surface area (Å²) in [5, 5.41) is 4.38. The van der Waals surface area contributed by atoms with Crippen LogP contribution in [-0.4, -0.2) is 37.2 Å². The minimum absolute atomic E-state index is 0.815. The smallest absolute Gasteiger partial charge is 0.156 e. The summed E-state index contributed by atoms with van der Waals surface area (Å²) in [6.45, 7) is 5.63. The second-order valence-corrected chi connectivity index (χ2v) is 3.60. The van der Waals surface area contributed by atoms with Gasteiger partial charge in [0.25, 0.3) is 0 Å². The lowest BCUT2D eigenvalue weighted by molar-refractivity contribution is 0.146. The van der Waals surface area contributed by atoms with E-state index in [1.54, 1.807) is 11.8 Å². The van der Waals surface area contributed by atoms with Gasteiger partial charge < -0.3 is 10.1 Å². The van der Waals surface area contributed by atoms with Crippen molar-refractivity contribution in [3.05, 3.63) is 0 Å². The molecule has 0 amide bonds. The van der Waals surface area contributed by atoms with Gasteiger partial charge in [-0.1, -0.05) is 11.8 Å². The molecule has 1 aliphatic heterocycles. The van der Waals surface area contributed by atoms with Crippen molar-refractivity contribution in [1.29, 1.82) is 0 Å². The van der Waals surface area contributed by atoms with Gasteiger partial charge in [0.15, 0.2) is 5.17 Å². The Bertz CT molecular complexity index is 150. The molecule has 0 spiro atoms. The van der Waals surface area contributed by atoms with Gasteiger partial charge in [0, 0.05) is 25.5 Å². The molecule has 0 aromatic heterocycles. The Morgan fingerprint density at radius 1 is 1.67 bits per heavy atom. The van der Waals surface area contributed by atoms with Crippen LogP contribution in [0.1, 0.15) is 13.3 Å². The number of ether oxygens (including phenoxy) is 1. The zero-order chi connectivity index (χ0) is 8.65. The average Bonchev–Trinajstić information content (AvgIpc) is 2.57. The van der Waals surface area contributed by atoms with E-state index in [4.69, 9.17) is 4.74 Å². The van der Waals surface area contributed by atoms with Crippen LogP contribution in [0.3, 0.4) is 0 Å². The van der Waals surface area contributed by atoms with E-state index in [2.05, 4.69) is 10.3 Å². The highest BCUT2D eigenvalue weighted by Gasteiger charge is 2.04. The maximum absolute atomic E-state index is 5.21. The van der Waals surface area contributed by atoms with E-state index in [1.807, 2.05) is 6.92 Å². The molecule has 0 fully saturated rings. The zero-order valence-corrected chi connectivity index (χ0v) is 8.32. The average molecular weight is 188 g/mol. The van der Waals surface area contributed by atoms with Gasteiger partial charge in [-0.25, -0.2) is 0 Å². The van der Waals surface area contributed by atoms with E-state index in [9.17, 15) is 0 Å². The fourth-order valence-corrected chi connectivity index (χ4v) is 1.72. The molecule has 0 aliphatic carbocycles. The zero-order valence-electron chi connectivity index (χ0n) is 7.51. The van der Waals surface area contributed by atoms with Crippen molar-refractivity contribution in [1.82, 2.24) is 5.32 Å². The number of thioether (sulfide) groups is 1. The van der Waals surface area contributed by atoms with Gasteiger partial charge >= 0.3 is 0 Å². The highest BCUT2D eigenvalue weighted by molar-refractivity contribution is 8.14. The summed E-state index contributed by atoms with van der Waals surface area (Å²) in [4.78, 5) is 4.28. The third-order valence-corrected chi connectivity index (χ3v) is 2.46. The predicted octanol–water partition coefficient (Wildman–Crippen LogP) is 1.11. The first kappa shape index (κ1) is 9.86. The van der Waals surface area contributed by atoms with Crippen LogP contribution in [0.25, 0.3) is 0 Å². The van der Waals surface area contributed by atoms with E-state index in [1.165, 1.54) is 0 Å². The summed E-state index contributed by atoms with van der Waals surface area (Å²) < 4.78 is 5.21. The quantitative estimate of drug-likeness (QED) is 0.656. The van der Waals surface area contributed by atoms with Gasteiger partial charge in [-0.2, -0.15) is 0 Å². The van der Waals surface area contributed by atoms with Gasteiger partial charge in [0.2, 0.25) is 0 Å². The first-order valence-corrected chi connectivity index (χ1v) is 5.41. The molecule has 0 aromatic carbocycles. The molecule has 0 saturated carbocycles. The molecular weight excluding hydrogens is 172 g/mol. The van der Waals surface area contributed by atoms with Gasteiger partial charge in [-0.05, 0) is 13.3 Å². The van der Waals surface area contributed by atoms with E-state index in [0.29, 0.717) is 0 Å². The Morgan fingerprint density at radius 3 is 3.25 bits per heavy atom. The molecule has 1 N–H and O–H groups in total. The van der Waals surface area contributed by atoms with Crippen molar-refractivity contribution in [3.63, 3.8) is 0 Å². The SMILES string of the molecule is CCOCCCNC1=NCCS1. The predicted molar refractivity (Wildman–Crippen MR) is 53.9 cm³/mol. The highest BCUT2D eigenvalue weighted by Crippen LogP contribution is 2.08. The topological polar surface area (TPSA) is 33.6 Å². The number of aliphatic imine (C=N–C) groups is 1. The molecule has 1 heterocycles. The molecule has 1 rings (SSSR count). The minimum Gasteiger partial charge on any atom is -0.382 e. The first-order valence-electron chi connectivity index (χ1n) is 4.42. The molecule has 0 aromatic rings. The van der Waals surface area contributed by atoms with E-state index < -0.39 is 0 Å². The molecule has 3 nitrogen and oxygen atoms in total. The molecule has 0 atom stereocenters. The molecule has 12 heavy (non-hydrogen) atoms. The summed E-state index contributed by atoms with van der Waals surface area (Å²) >= 11 is 1.80. The van der Waals surface area contributed by atoms with Crippen molar-refractivity contribution in [2.75, 3.05) is 32.1 Å². The third-order valence-electron chi connectivity index (χ3n) is 1.53. The van der Waals surface area contributed by atoms with Crippen LogP contribution in [0.4, 0.5) is 0 Å². The van der Waals surface area contributed by atoms with Gasteiger partial charge in [-0.15, -0.1) is 0 Å². The summed E-state index contributed by atoms with van der Waals surface area (Å²) in [5.74, 6) is 1.13. The van der Waals surface area contributed by atoms with E-state index >= 15 is 0 Å². The number of hydrogen-bond acceptors (Lipinski definition) is 4. The van der Waals surface area contributed by atoms with Crippen LogP contribution in [0.2, 0.25) is 0 Å². The van der Waals surface area contributed by atoms with Crippen molar-refractivity contribution in [2.45, 2.75) is 13.3 Å². The molecular formula is C8H16N2OS. The van der Waals surface area contributed by atoms with Gasteiger partial charge in [0.05, 0.1) is 6.54 Å². The van der Waals surface area contributed by atoms with Crippen molar-refractivity contribution < 1.29 is 4.74 Å².